The number of ketones is 1. The number of piperidine rings is 5. The molecule has 1 atom stereocenters. The van der Waals surface area contributed by atoms with E-state index < -0.39 is 0 Å². The Morgan fingerprint density at radius 3 is 1.30 bits per heavy atom. The third kappa shape index (κ3) is 70.4. The number of amides is 3. The number of benzene rings is 2. The summed E-state index contributed by atoms with van der Waals surface area (Å²) in [4.78, 5) is 62.6. The van der Waals surface area contributed by atoms with Gasteiger partial charge in [-0.25, -0.2) is 4.79 Å². The minimum Gasteiger partial charge on any atom is -0.375 e. The minimum absolute atomic E-state index is 0.104. The maximum Gasteiger partial charge on any atom is 0.317 e. The van der Waals surface area contributed by atoms with Gasteiger partial charge in [0.05, 0.1) is 17.9 Å². The molecule has 1 unspecified atom stereocenters. The van der Waals surface area contributed by atoms with Crippen molar-refractivity contribution in [1.82, 2.24) is 54.3 Å². The molecule has 5 aliphatic rings. The van der Waals surface area contributed by atoms with E-state index in [1.807, 2.05) is 68.3 Å². The fraction of sp³-hybridized carbons (Fsp3) is 0.809. The first kappa shape index (κ1) is 142. The predicted molar refractivity (Wildman–Crippen MR) is 643 cm³/mol. The molecule has 17 heteroatoms. The zero-order valence-electron chi connectivity index (χ0n) is 105. The van der Waals surface area contributed by atoms with Crippen molar-refractivity contribution >= 4 is 17.7 Å². The van der Waals surface area contributed by atoms with Crippen LogP contribution < -0.4 is 10.9 Å². The Balaban J connectivity index is 0.00000161. The monoisotopic (exact) mass is 2070 g/mol. The van der Waals surface area contributed by atoms with E-state index in [2.05, 4.69) is 359 Å². The van der Waals surface area contributed by atoms with E-state index in [0.29, 0.717) is 84.0 Å². The Hall–Kier alpha value is -6.01. The predicted octanol–water partition coefficient (Wildman–Crippen LogP) is 34.3. The average Bonchev–Trinajstić information content (AvgIpc) is 0.966. The number of likely N-dealkylation sites (tertiary alicyclic amines) is 5. The van der Waals surface area contributed by atoms with Crippen molar-refractivity contribution in [3.63, 3.8) is 0 Å². The lowest BCUT2D eigenvalue weighted by atomic mass is 9.87. The first-order chi connectivity index (χ1) is 69.2. The van der Waals surface area contributed by atoms with Crippen molar-refractivity contribution in [2.24, 2.45) is 94.7 Å². The first-order valence-electron chi connectivity index (χ1n) is 60.7. The first-order valence-corrected chi connectivity index (χ1v) is 60.7. The number of carbonyl (C=O) groups excluding carboxylic acids is 3. The second-order valence-electron chi connectivity index (χ2n) is 52.3. The Kier molecular flexibility index (Phi) is 76.6. The highest BCUT2D eigenvalue weighted by atomic mass is 16.5. The Labute approximate surface area is 916 Å². The largest absolute Gasteiger partial charge is 0.375 e. The molecular weight excluding hydrogens is 1820 g/mol. The van der Waals surface area contributed by atoms with Crippen LogP contribution in [0.5, 0.6) is 0 Å². The third-order valence-electron chi connectivity index (χ3n) is 28.5. The van der Waals surface area contributed by atoms with E-state index in [0.717, 1.165) is 165 Å². The summed E-state index contributed by atoms with van der Waals surface area (Å²) < 4.78 is 14.7. The molecule has 0 bridgehead atoms. The quantitative estimate of drug-likeness (QED) is 0.0370. The summed E-state index contributed by atoms with van der Waals surface area (Å²) in [5, 5.41) is 11.3. The normalized spacial score (nSPS) is 16.0. The van der Waals surface area contributed by atoms with Crippen molar-refractivity contribution in [2.75, 3.05) is 65.4 Å². The number of hydrogen-bond acceptors (Lipinski definition) is 12. The molecule has 5 saturated heterocycles. The number of carbonyl (C=O) groups is 3. The van der Waals surface area contributed by atoms with Crippen molar-refractivity contribution in [3.8, 4) is 0 Å². The zero-order valence-corrected chi connectivity index (χ0v) is 105. The standard InChI is InChI=1S/C15H22O.C13H27N.C13H20.C12H24N2O.C12H23NO.C12H19NO.C12H25N.C11H20N2.C11H23NO.C10H18N2O.C10H22/c1-11(2)14-7-5-6-13(10-14)8-9-15(16)12(3)4;1-11(2)9-13-5-7-14(8-6-13)10-12(3)4;1-10(2)9-12-5-7-13(8-6-12)11(3)4;1-9(2)11-5-7-14(8-6-11)12(15)13-10(3)4;2*1-9(2)7-11-5-6-13(10(3)4)12(14)8-11;1-10(2)9-12-5-7-13(8-6-12)11(3)4;1-9(2)5-6-11-7-8-13(12-11)10(3)4;1-9(2)12-7-5-11(6-8-12)13-10(3)4;1-7(2)5-6-9-11-10(8(3)4)12-13-9;1-9(2)7-5-6-8-10(3)4/h5-7,10-12H,8-9H2,1-4H3;11-13H,5-10H2,1-4H3;5-8,10-11H,9H2,1-4H3;9-11H,5-8H2,1-4H3,(H,13,15);9-11H,5-8H2,1-4H3;5-6,8-10H,7H2,1-4H3;10-12H,5-9H2,1-4H3;7-10H,5-6H2,1-4H3;9-11H,5-8H2,1-4H3;7-8H,5-6H2,1-4H3;9-10H,5-8H2,1-4H3. The van der Waals surface area contributed by atoms with Gasteiger partial charge in [0.15, 0.2) is 5.82 Å². The molecule has 2 aromatic carbocycles. The number of nitrogens with zero attached hydrogens (tertiary/aromatic N) is 10. The molecule has 5 aliphatic heterocycles. The summed E-state index contributed by atoms with van der Waals surface area (Å²) in [6, 6.07) is 26.4. The Bertz CT molecular complexity index is 3980. The molecular formula is C131H243N11O6. The molecule has 5 fully saturated rings. The van der Waals surface area contributed by atoms with E-state index in [4.69, 9.17) is 9.26 Å². The van der Waals surface area contributed by atoms with Gasteiger partial charge in [-0.1, -0.05) is 287 Å². The Morgan fingerprint density at radius 2 is 0.899 bits per heavy atom. The van der Waals surface area contributed by atoms with Crippen LogP contribution >= 0.6 is 0 Å². The molecule has 1 N–H and O–H groups in total. The van der Waals surface area contributed by atoms with Crippen molar-refractivity contribution in [3.05, 3.63) is 135 Å². The molecule has 148 heavy (non-hydrogen) atoms. The van der Waals surface area contributed by atoms with Crippen LogP contribution in [0.15, 0.2) is 88.4 Å². The van der Waals surface area contributed by atoms with E-state index in [9.17, 15) is 19.2 Å². The van der Waals surface area contributed by atoms with Gasteiger partial charge in [-0.05, 0) is 379 Å². The van der Waals surface area contributed by atoms with Gasteiger partial charge in [-0.2, -0.15) is 10.1 Å². The van der Waals surface area contributed by atoms with Gasteiger partial charge in [-0.15, -0.1) is 0 Å². The second-order valence-corrected chi connectivity index (χ2v) is 52.3. The number of unbranched alkanes of at least 4 members (excludes halogenated alkanes) is 1. The molecule has 3 amide bonds. The summed E-state index contributed by atoms with van der Waals surface area (Å²) >= 11 is 0. The number of urea groups is 1. The highest BCUT2D eigenvalue weighted by molar-refractivity contribution is 5.80. The van der Waals surface area contributed by atoms with Crippen LogP contribution in [0.4, 0.5) is 4.79 Å². The van der Waals surface area contributed by atoms with E-state index in [1.54, 1.807) is 10.6 Å². The lowest BCUT2D eigenvalue weighted by molar-refractivity contribution is -0.137. The molecule has 8 heterocycles. The fourth-order valence-electron chi connectivity index (χ4n) is 19.4. The molecule has 17 nitrogen and oxygen atoms in total. The van der Waals surface area contributed by atoms with Crippen LogP contribution in [0.3, 0.4) is 0 Å². The highest BCUT2D eigenvalue weighted by Gasteiger charge is 2.30. The maximum atomic E-state index is 11.8. The van der Waals surface area contributed by atoms with Crippen molar-refractivity contribution in [1.29, 1.82) is 0 Å². The summed E-state index contributed by atoms with van der Waals surface area (Å²) in [5.41, 5.74) is 8.00. The van der Waals surface area contributed by atoms with Gasteiger partial charge in [0.1, 0.15) is 5.78 Å². The van der Waals surface area contributed by atoms with Gasteiger partial charge in [0, 0.05) is 125 Å². The fourth-order valence-corrected chi connectivity index (χ4v) is 19.4. The number of pyridine rings is 1. The molecule has 0 radical (unpaired) electrons. The van der Waals surface area contributed by atoms with Crippen LogP contribution in [-0.2, 0) is 46.4 Å². The summed E-state index contributed by atoms with van der Waals surface area (Å²) in [7, 11) is 0. The number of hydrogen-bond donors (Lipinski definition) is 1. The third-order valence-corrected chi connectivity index (χ3v) is 28.5. The lowest BCUT2D eigenvalue weighted by Crippen LogP contribution is -2.47. The molecule has 858 valence electrons. The average molecular weight is 2070 g/mol. The van der Waals surface area contributed by atoms with E-state index in [-0.39, 0.29) is 29.6 Å². The minimum atomic E-state index is 0.104. The van der Waals surface area contributed by atoms with Crippen molar-refractivity contribution < 1.29 is 23.6 Å². The summed E-state index contributed by atoms with van der Waals surface area (Å²) in [6.45, 7) is 109. The summed E-state index contributed by atoms with van der Waals surface area (Å²) in [5.74, 6) is 16.2. The van der Waals surface area contributed by atoms with Crippen LogP contribution in [0.1, 0.15) is 508 Å². The van der Waals surface area contributed by atoms with Crippen LogP contribution in [-0.4, -0.2) is 169 Å². The SMILES string of the molecule is CC(C)C(=O)CCc1cccc(C(C)C)c1.CC(C)CC1CCN(C(C)C)C(=O)C1.CC(C)CC1CCN(C(C)C)CC1.CC(C)CC1CCN(CC(C)C)CC1.CC(C)CCCCC(C)C.CC(C)CCc1ccn(C(C)C)n1.CC(C)CCc1nc(C(C)C)no1.CC(C)Cc1ccc(C(C)C)cc1.CC(C)Cc1ccn(C(C)C)c(=O)c1.CC(C)NC(=O)N1CCC(C(C)C)CC1.CC(C)OC1CCN(C(C)C)CC1. The zero-order chi connectivity index (χ0) is 113. The smallest absolute Gasteiger partial charge is 0.317 e. The van der Waals surface area contributed by atoms with Crippen LogP contribution in [0.25, 0.3) is 0 Å². The molecule has 0 saturated carbocycles. The molecule has 10 rings (SSSR count). The molecule has 5 aromatic rings. The van der Waals surface area contributed by atoms with Gasteiger partial charge >= 0.3 is 6.03 Å². The second kappa shape index (κ2) is 79.9. The summed E-state index contributed by atoms with van der Waals surface area (Å²) in [6.07, 6.45) is 35.1. The van der Waals surface area contributed by atoms with E-state index >= 15 is 0 Å². The molecule has 0 aliphatic carbocycles. The van der Waals surface area contributed by atoms with Crippen LogP contribution in [0.2, 0.25) is 0 Å². The molecule has 0 spiro atoms. The lowest BCUT2D eigenvalue weighted by Gasteiger charge is -2.35. The Morgan fingerprint density at radius 1 is 0.419 bits per heavy atom. The van der Waals surface area contributed by atoms with Gasteiger partial charge in [-0.3, -0.25) is 19.1 Å². The number of Topliss-reactive ketones (excluding diaryl/α,β-unsaturated/α-hetero) is 1. The number of aromatic nitrogens is 5. The van der Waals surface area contributed by atoms with Gasteiger partial charge in [0.2, 0.25) is 11.8 Å². The number of nitrogens with one attached hydrogen (secondary N) is 1. The number of rotatable bonds is 39. The van der Waals surface area contributed by atoms with E-state index in [1.165, 1.54) is 176 Å². The highest BCUT2D eigenvalue weighted by Crippen LogP contribution is 2.31. The van der Waals surface area contributed by atoms with Crippen LogP contribution in [0, 0.1) is 94.7 Å². The number of aryl methyl sites for hydroxylation is 3. The van der Waals surface area contributed by atoms with Gasteiger partial charge < -0.3 is 43.6 Å². The topological polar surface area (TPSA) is 167 Å². The number of ether oxygens (including phenoxy) is 1. The van der Waals surface area contributed by atoms with Gasteiger partial charge in [0.25, 0.3) is 5.56 Å². The van der Waals surface area contributed by atoms with Crippen molar-refractivity contribution in [2.45, 2.75) is 531 Å². The maximum absolute atomic E-state index is 11.8. The molecule has 3 aromatic heterocycles.